The van der Waals surface area contributed by atoms with Crippen molar-refractivity contribution in [2.45, 2.75) is 6.92 Å². The third-order valence-corrected chi connectivity index (χ3v) is 2.43. The molecule has 2 aromatic rings. The summed E-state index contributed by atoms with van der Waals surface area (Å²) in [6.07, 6.45) is 0. The summed E-state index contributed by atoms with van der Waals surface area (Å²) in [4.78, 5) is 11.3. The van der Waals surface area contributed by atoms with Gasteiger partial charge in [-0.25, -0.2) is 4.39 Å². The number of rotatable bonds is 2. The first kappa shape index (κ1) is 12.0. The Bertz CT molecular complexity index is 542. The van der Waals surface area contributed by atoms with E-state index in [1.807, 2.05) is 0 Å². The summed E-state index contributed by atoms with van der Waals surface area (Å²) in [5.74, 6) is -0.148. The van der Waals surface area contributed by atoms with Gasteiger partial charge in [-0.15, -0.1) is 0 Å². The third-order valence-electron chi connectivity index (χ3n) is 2.09. The minimum Gasteiger partial charge on any atom is -0.324 e. The topological polar surface area (TPSA) is 50.7 Å². The summed E-state index contributed by atoms with van der Waals surface area (Å²) in [6.45, 7) is 1.64. The largest absolute Gasteiger partial charge is 0.324 e. The number of nitrogens with one attached hydrogen (secondary N) is 1. The van der Waals surface area contributed by atoms with Crippen LogP contribution >= 0.6 is 23.2 Å². The van der Waals surface area contributed by atoms with Crippen LogP contribution in [0.5, 0.6) is 0 Å². The van der Waals surface area contributed by atoms with Crippen molar-refractivity contribution in [3.05, 3.63) is 40.1 Å². The molecule has 0 radical (unpaired) electrons. The molecule has 1 aromatic heterocycles. The van der Waals surface area contributed by atoms with Gasteiger partial charge in [0.15, 0.2) is 0 Å². The van der Waals surface area contributed by atoms with Gasteiger partial charge in [-0.3, -0.25) is 0 Å². The lowest BCUT2D eigenvalue weighted by Gasteiger charge is -2.08. The molecule has 0 atom stereocenters. The predicted octanol–water partition coefficient (Wildman–Crippen LogP) is 3.37. The average molecular weight is 273 g/mol. The van der Waals surface area contributed by atoms with Crippen molar-refractivity contribution >= 4 is 34.8 Å². The molecule has 0 aliphatic carbocycles. The van der Waals surface area contributed by atoms with E-state index in [2.05, 4.69) is 20.3 Å². The lowest BCUT2D eigenvalue weighted by Crippen LogP contribution is -2.01. The summed E-state index contributed by atoms with van der Waals surface area (Å²) in [7, 11) is 0. The molecule has 88 valence electrons. The highest BCUT2D eigenvalue weighted by atomic mass is 35.5. The van der Waals surface area contributed by atoms with E-state index in [1.165, 1.54) is 6.07 Å². The Morgan fingerprint density at radius 2 is 1.76 bits per heavy atom. The maximum absolute atomic E-state index is 13.3. The number of hydrogen-bond acceptors (Lipinski definition) is 4. The molecule has 0 bridgehead atoms. The molecule has 1 N–H and O–H groups in total. The standard InChI is InChI=1S/C10H7Cl2FN4/c1-5-6(13)3-2-4-7(5)14-10-16-8(11)15-9(12)17-10/h2-4H,1H3,(H,14,15,16,17). The quantitative estimate of drug-likeness (QED) is 0.911. The molecule has 0 saturated heterocycles. The number of nitrogens with zero attached hydrogens (tertiary/aromatic N) is 3. The first-order valence-corrected chi connectivity index (χ1v) is 5.41. The summed E-state index contributed by atoms with van der Waals surface area (Å²) in [5.41, 5.74) is 1.00. The molecule has 1 aromatic carbocycles. The van der Waals surface area contributed by atoms with Crippen LogP contribution in [0.15, 0.2) is 18.2 Å². The van der Waals surface area contributed by atoms with E-state index in [4.69, 9.17) is 23.2 Å². The Morgan fingerprint density at radius 3 is 2.41 bits per heavy atom. The zero-order valence-electron chi connectivity index (χ0n) is 8.71. The van der Waals surface area contributed by atoms with Gasteiger partial charge in [0, 0.05) is 11.3 Å². The van der Waals surface area contributed by atoms with Crippen molar-refractivity contribution in [3.63, 3.8) is 0 Å². The maximum atomic E-state index is 13.3. The molecule has 1 heterocycles. The summed E-state index contributed by atoms with van der Waals surface area (Å²) < 4.78 is 13.3. The second kappa shape index (κ2) is 4.81. The molecule has 2 rings (SSSR count). The van der Waals surface area contributed by atoms with E-state index in [0.717, 1.165) is 0 Å². The molecule has 0 spiro atoms. The molecule has 0 aliphatic rings. The van der Waals surface area contributed by atoms with Crippen molar-refractivity contribution in [1.82, 2.24) is 15.0 Å². The predicted molar refractivity (Wildman–Crippen MR) is 64.3 cm³/mol. The SMILES string of the molecule is Cc1c(F)cccc1Nc1nc(Cl)nc(Cl)n1. The van der Waals surface area contributed by atoms with E-state index in [1.54, 1.807) is 19.1 Å². The van der Waals surface area contributed by atoms with Gasteiger partial charge >= 0.3 is 0 Å². The first-order chi connectivity index (χ1) is 8.06. The second-order valence-electron chi connectivity index (χ2n) is 3.23. The van der Waals surface area contributed by atoms with E-state index in [-0.39, 0.29) is 22.3 Å². The van der Waals surface area contributed by atoms with Crippen LogP contribution in [0.25, 0.3) is 0 Å². The summed E-state index contributed by atoms with van der Waals surface area (Å²) in [5, 5.41) is 2.77. The van der Waals surface area contributed by atoms with Crippen LogP contribution < -0.4 is 5.32 Å². The van der Waals surface area contributed by atoms with Crippen molar-refractivity contribution in [1.29, 1.82) is 0 Å². The zero-order chi connectivity index (χ0) is 12.4. The molecular weight excluding hydrogens is 266 g/mol. The highest BCUT2D eigenvalue weighted by Crippen LogP contribution is 2.21. The number of hydrogen-bond donors (Lipinski definition) is 1. The lowest BCUT2D eigenvalue weighted by atomic mass is 10.2. The van der Waals surface area contributed by atoms with E-state index in [9.17, 15) is 4.39 Å². The fourth-order valence-corrected chi connectivity index (χ4v) is 1.61. The summed E-state index contributed by atoms with van der Waals surface area (Å²) in [6, 6.07) is 4.65. The van der Waals surface area contributed by atoms with Gasteiger partial charge in [0.05, 0.1) is 0 Å². The number of anilines is 2. The van der Waals surface area contributed by atoms with Gasteiger partial charge in [-0.2, -0.15) is 15.0 Å². The molecule has 7 heteroatoms. The van der Waals surface area contributed by atoms with Crippen LogP contribution in [-0.4, -0.2) is 15.0 Å². The van der Waals surface area contributed by atoms with Gasteiger partial charge in [0.25, 0.3) is 0 Å². The molecule has 0 saturated carbocycles. The van der Waals surface area contributed by atoms with Crippen molar-refractivity contribution in [2.75, 3.05) is 5.32 Å². The van der Waals surface area contributed by atoms with Crippen LogP contribution in [0.4, 0.5) is 16.0 Å². The molecule has 4 nitrogen and oxygen atoms in total. The highest BCUT2D eigenvalue weighted by Gasteiger charge is 2.07. The van der Waals surface area contributed by atoms with E-state index in [0.29, 0.717) is 11.3 Å². The van der Waals surface area contributed by atoms with Gasteiger partial charge in [0.2, 0.25) is 16.5 Å². The molecule has 0 unspecified atom stereocenters. The van der Waals surface area contributed by atoms with Gasteiger partial charge < -0.3 is 5.32 Å². The minimum atomic E-state index is -0.318. The van der Waals surface area contributed by atoms with Crippen LogP contribution in [-0.2, 0) is 0 Å². The fraction of sp³-hybridized carbons (Fsp3) is 0.100. The fourth-order valence-electron chi connectivity index (χ4n) is 1.25. The molecular formula is C10H7Cl2FN4. The number of halogens is 3. The first-order valence-electron chi connectivity index (χ1n) is 4.65. The van der Waals surface area contributed by atoms with Gasteiger partial charge in [-0.1, -0.05) is 6.07 Å². The minimum absolute atomic E-state index is 0.0263. The number of benzene rings is 1. The Hall–Kier alpha value is -1.46. The Morgan fingerprint density at radius 1 is 1.12 bits per heavy atom. The van der Waals surface area contributed by atoms with Gasteiger partial charge in [-0.05, 0) is 42.3 Å². The lowest BCUT2D eigenvalue weighted by molar-refractivity contribution is 0.619. The monoisotopic (exact) mass is 272 g/mol. The summed E-state index contributed by atoms with van der Waals surface area (Å²) >= 11 is 11.3. The van der Waals surface area contributed by atoms with Gasteiger partial charge in [0.1, 0.15) is 5.82 Å². The molecule has 0 fully saturated rings. The maximum Gasteiger partial charge on any atom is 0.232 e. The zero-order valence-corrected chi connectivity index (χ0v) is 10.2. The van der Waals surface area contributed by atoms with Crippen LogP contribution in [0.2, 0.25) is 10.6 Å². The smallest absolute Gasteiger partial charge is 0.232 e. The Balaban J connectivity index is 2.34. The van der Waals surface area contributed by atoms with Crippen molar-refractivity contribution in [3.8, 4) is 0 Å². The molecule has 17 heavy (non-hydrogen) atoms. The third kappa shape index (κ3) is 2.81. The van der Waals surface area contributed by atoms with E-state index < -0.39 is 0 Å². The van der Waals surface area contributed by atoms with Crippen LogP contribution in [0.3, 0.4) is 0 Å². The average Bonchev–Trinajstić information content (AvgIpc) is 2.23. The van der Waals surface area contributed by atoms with Crippen molar-refractivity contribution in [2.24, 2.45) is 0 Å². The Labute approximate surface area is 107 Å². The highest BCUT2D eigenvalue weighted by molar-refractivity contribution is 6.31. The normalized spacial score (nSPS) is 10.4. The molecule has 0 aliphatic heterocycles. The van der Waals surface area contributed by atoms with E-state index >= 15 is 0 Å². The van der Waals surface area contributed by atoms with Crippen LogP contribution in [0, 0.1) is 12.7 Å². The van der Waals surface area contributed by atoms with Crippen molar-refractivity contribution < 1.29 is 4.39 Å². The molecule has 0 amide bonds. The second-order valence-corrected chi connectivity index (χ2v) is 3.91. The number of aromatic nitrogens is 3. The van der Waals surface area contributed by atoms with Crippen LogP contribution in [0.1, 0.15) is 5.56 Å². The Kier molecular flexibility index (Phi) is 3.40.